The van der Waals surface area contributed by atoms with Gasteiger partial charge in [-0.05, 0) is 0 Å². The summed E-state index contributed by atoms with van der Waals surface area (Å²) in [7, 11) is 0. The zero-order chi connectivity index (χ0) is 3.58. The van der Waals surface area contributed by atoms with Crippen molar-refractivity contribution in [2.24, 2.45) is 0 Å². The number of carboxylic acid groups (broad SMARTS) is 1. The van der Waals surface area contributed by atoms with Crippen LogP contribution in [0.4, 0.5) is 9.18 Å². The van der Waals surface area contributed by atoms with Crippen LogP contribution in [0.25, 0.3) is 0 Å². The van der Waals surface area contributed by atoms with Crippen LogP contribution in [0.3, 0.4) is 0 Å². The largest absolute Gasteiger partial charge is 0.492 e. The third-order valence-electron chi connectivity index (χ3n) is 0. The summed E-state index contributed by atoms with van der Waals surface area (Å²) in [6.45, 7) is 0. The van der Waals surface area contributed by atoms with Gasteiger partial charge in [-0.3, -0.25) is 0 Å². The molecule has 4 heavy (non-hydrogen) atoms. The Morgan fingerprint density at radius 1 is 2.00 bits per heavy atom. The highest BCUT2D eigenvalue weighted by molar-refractivity contribution is 5.54. The number of halogens is 1. The first-order valence-corrected chi connectivity index (χ1v) is 0.617. The Hall–Kier alpha value is -0.600. The maximum Gasteiger partial charge on any atom is 0.492 e. The van der Waals surface area contributed by atoms with Crippen molar-refractivity contribution in [2.75, 3.05) is 0 Å². The third kappa shape index (κ3) is 0.622. The summed E-state index contributed by atoms with van der Waals surface area (Å²) in [6, 6.07) is 0. The highest BCUT2D eigenvalue weighted by Crippen LogP contribution is 1.58. The lowest BCUT2D eigenvalue weighted by atomic mass is 11.5. The molecule has 0 unspecified atom stereocenters. The average molecular weight is 64.0 g/mol. The summed E-state index contributed by atoms with van der Waals surface area (Å²) in [5.74, 6) is 0. The standard InChI is InChI=1S/CHFO2/c2-1(3)4/h(H,3,4). The van der Waals surface area contributed by atoms with Crippen LogP contribution in [0.5, 0.6) is 0 Å². The predicted molar refractivity (Wildman–Crippen MR) is 9.13 cm³/mol. The van der Waals surface area contributed by atoms with Crippen LogP contribution in [0.15, 0.2) is 0 Å². The van der Waals surface area contributed by atoms with Gasteiger partial charge in [-0.2, -0.15) is 0 Å². The molecule has 0 fully saturated rings. The van der Waals surface area contributed by atoms with Gasteiger partial charge in [0.2, 0.25) is 0 Å². The Morgan fingerprint density at radius 3 is 2.00 bits per heavy atom. The summed E-state index contributed by atoms with van der Waals surface area (Å²) in [5.41, 5.74) is 0. The topological polar surface area (TPSA) is 37.3 Å². The van der Waals surface area contributed by atoms with Crippen LogP contribution in [0.2, 0.25) is 0 Å². The van der Waals surface area contributed by atoms with Gasteiger partial charge in [-0.15, -0.1) is 4.39 Å². The summed E-state index contributed by atoms with van der Waals surface area (Å²) < 4.78 is 9.92. The molecule has 0 saturated heterocycles. The molecule has 0 aliphatic rings. The fourth-order valence-corrected chi connectivity index (χ4v) is 0. The molecule has 0 aliphatic carbocycles. The maximum atomic E-state index is 9.92. The molecule has 3 heteroatoms. The lowest BCUT2D eigenvalue weighted by Gasteiger charge is -1.53. The van der Waals surface area contributed by atoms with Crippen LogP contribution >= 0.6 is 0 Å². The van der Waals surface area contributed by atoms with Crippen LogP contribution in [0.1, 0.15) is 0 Å². The number of carbonyl (C=O) groups is 1. The summed E-state index contributed by atoms with van der Waals surface area (Å²) in [4.78, 5) is 8.33. The van der Waals surface area contributed by atoms with Gasteiger partial charge in [-0.1, -0.05) is 0 Å². The molecule has 24 valence electrons. The normalized spacial score (nSPS) is 6.25. The van der Waals surface area contributed by atoms with Crippen LogP contribution in [-0.4, -0.2) is 11.3 Å². The Morgan fingerprint density at radius 2 is 2.00 bits per heavy atom. The molecule has 0 spiro atoms. The lowest BCUT2D eigenvalue weighted by molar-refractivity contribution is 0.169. The Kier molecular flexibility index (Phi) is 0.694. The van der Waals surface area contributed by atoms with E-state index in [4.69, 9.17) is 9.90 Å². The van der Waals surface area contributed by atoms with Gasteiger partial charge in [0.25, 0.3) is 0 Å². The van der Waals surface area contributed by atoms with E-state index in [9.17, 15) is 4.39 Å². The Labute approximate surface area is 21.9 Å². The molecule has 0 atom stereocenters. The molecule has 0 rings (SSSR count). The van der Waals surface area contributed by atoms with Crippen molar-refractivity contribution in [2.45, 2.75) is 0 Å². The minimum atomic E-state index is -2.33. The minimum Gasteiger partial charge on any atom is -0.456 e. The molecule has 2 nitrogen and oxygen atoms in total. The van der Waals surface area contributed by atoms with Crippen LogP contribution < -0.4 is 0 Å². The van der Waals surface area contributed by atoms with E-state index >= 15 is 0 Å². The van der Waals surface area contributed by atoms with Crippen molar-refractivity contribution in [1.82, 2.24) is 0 Å². The van der Waals surface area contributed by atoms with Crippen molar-refractivity contribution in [3.63, 3.8) is 0 Å². The van der Waals surface area contributed by atoms with Gasteiger partial charge >= 0.3 is 6.22 Å². The van der Waals surface area contributed by atoms with E-state index < -0.39 is 6.22 Å². The van der Waals surface area contributed by atoms with Crippen molar-refractivity contribution >= 4 is 6.22 Å². The van der Waals surface area contributed by atoms with Gasteiger partial charge in [0.05, 0.1) is 0 Å². The molecule has 0 saturated carbocycles. The fourth-order valence-electron chi connectivity index (χ4n) is 0. The van der Waals surface area contributed by atoms with Crippen molar-refractivity contribution in [3.05, 3.63) is 0 Å². The van der Waals surface area contributed by atoms with E-state index in [1.54, 1.807) is 0 Å². The second-order valence-electron chi connectivity index (χ2n) is 0.253. The van der Waals surface area contributed by atoms with E-state index in [0.717, 1.165) is 0 Å². The summed E-state index contributed by atoms with van der Waals surface area (Å²) >= 11 is 0. The average Bonchev–Trinajstić information content (AvgIpc) is 0.811. The smallest absolute Gasteiger partial charge is 0.456 e. The van der Waals surface area contributed by atoms with Gasteiger partial charge in [0, 0.05) is 0 Å². The zero-order valence-corrected chi connectivity index (χ0v) is 1.73. The van der Waals surface area contributed by atoms with Gasteiger partial charge in [0.1, 0.15) is 0 Å². The van der Waals surface area contributed by atoms with E-state index in [0.29, 0.717) is 0 Å². The molecule has 0 aromatic rings. The maximum absolute atomic E-state index is 9.92. The van der Waals surface area contributed by atoms with Crippen molar-refractivity contribution in [1.29, 1.82) is 0 Å². The van der Waals surface area contributed by atoms with E-state index in [-0.39, 0.29) is 0 Å². The third-order valence-corrected chi connectivity index (χ3v) is 0. The van der Waals surface area contributed by atoms with Gasteiger partial charge in [-0.25, -0.2) is 4.79 Å². The molecule has 0 radical (unpaired) electrons. The second kappa shape index (κ2) is 0.817. The molecule has 0 bridgehead atoms. The van der Waals surface area contributed by atoms with E-state index in [1.807, 2.05) is 0 Å². The first-order valence-electron chi connectivity index (χ1n) is 0.617. The van der Waals surface area contributed by atoms with E-state index in [2.05, 4.69) is 0 Å². The van der Waals surface area contributed by atoms with Gasteiger partial charge in [0.15, 0.2) is 0 Å². The number of rotatable bonds is 0. The number of hydrogen-bond donors (Lipinski definition) is 1. The highest BCUT2D eigenvalue weighted by atomic mass is 19.1. The number of hydrogen-bond acceptors (Lipinski definition) is 1. The van der Waals surface area contributed by atoms with Gasteiger partial charge < -0.3 is 5.11 Å². The van der Waals surface area contributed by atoms with E-state index in [1.165, 1.54) is 0 Å². The Balaban J connectivity index is 2.80. The monoisotopic (exact) mass is 64.0 g/mol. The Bertz CT molecular complexity index is 29.0. The van der Waals surface area contributed by atoms with Crippen molar-refractivity contribution < 1.29 is 14.3 Å². The van der Waals surface area contributed by atoms with Crippen LogP contribution in [-0.2, 0) is 0 Å². The van der Waals surface area contributed by atoms with Crippen molar-refractivity contribution in [3.8, 4) is 0 Å². The molecular weight excluding hydrogens is 63.0 g/mol. The predicted octanol–water partition coefficient (Wildman–Crippen LogP) is 0.634. The molecule has 0 amide bonds. The zero-order valence-electron chi connectivity index (χ0n) is 1.73. The fraction of sp³-hybridized carbons (Fsp3) is 0. The molecule has 0 aromatic carbocycles. The minimum absolute atomic E-state index is 2.33. The second-order valence-corrected chi connectivity index (χ2v) is 0.253. The first-order chi connectivity index (χ1) is 1.73. The molecule has 0 heterocycles. The lowest BCUT2D eigenvalue weighted by Crippen LogP contribution is -1.69. The van der Waals surface area contributed by atoms with Crippen LogP contribution in [0, 0.1) is 0 Å². The molecular formula is CHFO2. The summed E-state index contributed by atoms with van der Waals surface area (Å²) in [5, 5.41) is 6.75. The SMILES string of the molecule is O=C(O)F. The highest BCUT2D eigenvalue weighted by Gasteiger charge is 1.74. The summed E-state index contributed by atoms with van der Waals surface area (Å²) in [6.07, 6.45) is -2.33. The molecule has 1 N–H and O–H groups in total. The molecule has 0 aliphatic heterocycles. The first kappa shape index (κ1) is 3.40. The molecule has 0 aromatic heterocycles. The quantitative estimate of drug-likeness (QED) is 0.419.